The molecule has 2 rings (SSSR count). The fourth-order valence-electron chi connectivity index (χ4n) is 1.87. The number of hydrogen-bond acceptors (Lipinski definition) is 4. The molecule has 1 aromatic rings. The van der Waals surface area contributed by atoms with E-state index in [9.17, 15) is 9.59 Å². The van der Waals surface area contributed by atoms with E-state index < -0.39 is 0 Å². The van der Waals surface area contributed by atoms with Crippen LogP contribution in [0.5, 0.6) is 0 Å². The van der Waals surface area contributed by atoms with Crippen molar-refractivity contribution in [3.63, 3.8) is 0 Å². The number of nitrogens with zero attached hydrogens (tertiary/aromatic N) is 2. The summed E-state index contributed by atoms with van der Waals surface area (Å²) in [5.74, 6) is -0.807. The molecule has 1 atom stereocenters. The van der Waals surface area contributed by atoms with Gasteiger partial charge in [0.05, 0.1) is 17.3 Å². The molecule has 2 heterocycles. The maximum Gasteiger partial charge on any atom is 0.235 e. The molecule has 1 unspecified atom stereocenters. The number of amides is 2. The summed E-state index contributed by atoms with van der Waals surface area (Å²) >= 11 is 0. The summed E-state index contributed by atoms with van der Waals surface area (Å²) < 4.78 is 1.67. The first kappa shape index (κ1) is 10.8. The van der Waals surface area contributed by atoms with E-state index in [0.717, 1.165) is 5.69 Å². The highest BCUT2D eigenvalue weighted by Gasteiger charge is 2.30. The number of hydrogen-bond donors (Lipinski definition) is 2. The van der Waals surface area contributed by atoms with Gasteiger partial charge in [-0.05, 0) is 12.5 Å². The molecule has 1 aromatic heterocycles. The third kappa shape index (κ3) is 1.83. The van der Waals surface area contributed by atoms with Gasteiger partial charge in [0, 0.05) is 20.0 Å². The highest BCUT2D eigenvalue weighted by Crippen LogP contribution is 2.23. The Morgan fingerprint density at radius 2 is 2.38 bits per heavy atom. The Balaban J connectivity index is 2.23. The standard InChI is InChI=1S/C10H14N4O2/c1-14-6(5-11)4-8(13-14)7-2-3-9(15)12-10(7)16/h4,7H,2-3,5,11H2,1H3,(H,12,15,16). The molecule has 86 valence electrons. The van der Waals surface area contributed by atoms with E-state index >= 15 is 0 Å². The van der Waals surface area contributed by atoms with E-state index in [4.69, 9.17) is 5.73 Å². The van der Waals surface area contributed by atoms with Crippen LogP contribution in [-0.4, -0.2) is 21.6 Å². The molecule has 16 heavy (non-hydrogen) atoms. The van der Waals surface area contributed by atoms with Gasteiger partial charge in [0.2, 0.25) is 11.8 Å². The van der Waals surface area contributed by atoms with Crippen molar-refractivity contribution in [2.45, 2.75) is 25.3 Å². The minimum Gasteiger partial charge on any atom is -0.325 e. The second-order valence-electron chi connectivity index (χ2n) is 3.89. The Hall–Kier alpha value is -1.69. The second-order valence-corrected chi connectivity index (χ2v) is 3.89. The maximum absolute atomic E-state index is 11.6. The van der Waals surface area contributed by atoms with E-state index in [0.29, 0.717) is 25.1 Å². The first-order valence-electron chi connectivity index (χ1n) is 5.18. The van der Waals surface area contributed by atoms with Gasteiger partial charge in [-0.2, -0.15) is 5.10 Å². The van der Waals surface area contributed by atoms with Gasteiger partial charge in [0.25, 0.3) is 0 Å². The van der Waals surface area contributed by atoms with E-state index in [2.05, 4.69) is 10.4 Å². The number of aryl methyl sites for hydroxylation is 1. The molecule has 1 fully saturated rings. The van der Waals surface area contributed by atoms with Crippen LogP contribution in [-0.2, 0) is 23.2 Å². The highest BCUT2D eigenvalue weighted by molar-refractivity contribution is 6.00. The van der Waals surface area contributed by atoms with Crippen molar-refractivity contribution in [1.82, 2.24) is 15.1 Å². The third-order valence-corrected chi connectivity index (χ3v) is 2.80. The molecular formula is C10H14N4O2. The molecule has 0 radical (unpaired) electrons. The van der Waals surface area contributed by atoms with Crippen LogP contribution in [0, 0.1) is 0 Å². The van der Waals surface area contributed by atoms with Crippen LogP contribution >= 0.6 is 0 Å². The lowest BCUT2D eigenvalue weighted by atomic mass is 9.95. The van der Waals surface area contributed by atoms with Crippen LogP contribution < -0.4 is 11.1 Å². The largest absolute Gasteiger partial charge is 0.325 e. The smallest absolute Gasteiger partial charge is 0.235 e. The topological polar surface area (TPSA) is 90.0 Å². The summed E-state index contributed by atoms with van der Waals surface area (Å²) in [4.78, 5) is 22.6. The summed E-state index contributed by atoms with van der Waals surface area (Å²) in [6.45, 7) is 0.386. The second kappa shape index (κ2) is 4.05. The number of carbonyl (C=O) groups excluding carboxylic acids is 2. The van der Waals surface area contributed by atoms with Gasteiger partial charge < -0.3 is 5.73 Å². The fraction of sp³-hybridized carbons (Fsp3) is 0.500. The lowest BCUT2D eigenvalue weighted by Crippen LogP contribution is -2.39. The fourth-order valence-corrected chi connectivity index (χ4v) is 1.87. The average molecular weight is 222 g/mol. The molecule has 6 nitrogen and oxygen atoms in total. The molecule has 0 saturated carbocycles. The molecule has 3 N–H and O–H groups in total. The number of nitrogens with two attached hydrogens (primary N) is 1. The van der Waals surface area contributed by atoms with Gasteiger partial charge in [0.15, 0.2) is 0 Å². The van der Waals surface area contributed by atoms with Crippen molar-refractivity contribution in [2.24, 2.45) is 12.8 Å². The summed E-state index contributed by atoms with van der Waals surface area (Å²) in [5, 5.41) is 6.56. The number of rotatable bonds is 2. The zero-order chi connectivity index (χ0) is 11.7. The summed E-state index contributed by atoms with van der Waals surface area (Å²) in [5.41, 5.74) is 7.10. The third-order valence-electron chi connectivity index (χ3n) is 2.80. The van der Waals surface area contributed by atoms with Crippen LogP contribution in [0.1, 0.15) is 30.1 Å². The average Bonchev–Trinajstić information content (AvgIpc) is 2.59. The zero-order valence-electron chi connectivity index (χ0n) is 9.06. The Morgan fingerprint density at radius 1 is 1.62 bits per heavy atom. The quantitative estimate of drug-likeness (QED) is 0.654. The normalized spacial score (nSPS) is 21.0. The van der Waals surface area contributed by atoms with Crippen LogP contribution in [0.25, 0.3) is 0 Å². The Kier molecular flexibility index (Phi) is 2.74. The molecule has 0 bridgehead atoms. The lowest BCUT2D eigenvalue weighted by Gasteiger charge is -2.18. The van der Waals surface area contributed by atoms with E-state index in [1.165, 1.54) is 0 Å². The van der Waals surface area contributed by atoms with Gasteiger partial charge >= 0.3 is 0 Å². The van der Waals surface area contributed by atoms with Crippen molar-refractivity contribution in [3.05, 3.63) is 17.5 Å². The van der Waals surface area contributed by atoms with Crippen LogP contribution in [0.2, 0.25) is 0 Å². The van der Waals surface area contributed by atoms with Gasteiger partial charge in [0.1, 0.15) is 0 Å². The number of aromatic nitrogens is 2. The summed E-state index contributed by atoms with van der Waals surface area (Å²) in [6.07, 6.45) is 0.886. The highest BCUT2D eigenvalue weighted by atomic mass is 16.2. The number of piperidine rings is 1. The van der Waals surface area contributed by atoms with Crippen molar-refractivity contribution < 1.29 is 9.59 Å². The molecule has 1 aliphatic rings. The number of imide groups is 1. The van der Waals surface area contributed by atoms with Crippen molar-refractivity contribution >= 4 is 11.8 Å². The first-order chi connectivity index (χ1) is 7.61. The molecule has 2 amide bonds. The van der Waals surface area contributed by atoms with Gasteiger partial charge in [-0.15, -0.1) is 0 Å². The Bertz CT molecular complexity index is 438. The number of carbonyl (C=O) groups is 2. The van der Waals surface area contributed by atoms with Crippen LogP contribution in [0.15, 0.2) is 6.07 Å². The number of nitrogens with one attached hydrogen (secondary N) is 1. The summed E-state index contributed by atoms with van der Waals surface area (Å²) in [7, 11) is 1.79. The maximum atomic E-state index is 11.6. The first-order valence-corrected chi connectivity index (χ1v) is 5.18. The van der Waals surface area contributed by atoms with Crippen LogP contribution in [0.4, 0.5) is 0 Å². The minimum absolute atomic E-state index is 0.212. The molecular weight excluding hydrogens is 208 g/mol. The van der Waals surface area contributed by atoms with Gasteiger partial charge in [-0.3, -0.25) is 19.6 Å². The van der Waals surface area contributed by atoms with Crippen LogP contribution in [0.3, 0.4) is 0 Å². The SMILES string of the molecule is Cn1nc(C2CCC(=O)NC2=O)cc1CN. The van der Waals surface area contributed by atoms with Crippen molar-refractivity contribution in [1.29, 1.82) is 0 Å². The van der Waals surface area contributed by atoms with Gasteiger partial charge in [-0.1, -0.05) is 0 Å². The molecule has 6 heteroatoms. The zero-order valence-corrected chi connectivity index (χ0v) is 9.06. The predicted octanol–water partition coefficient (Wildman–Crippen LogP) is -0.601. The minimum atomic E-state index is -0.329. The molecule has 1 saturated heterocycles. The molecule has 1 aliphatic heterocycles. The summed E-state index contributed by atoms with van der Waals surface area (Å²) in [6, 6.07) is 1.82. The molecule has 0 aromatic carbocycles. The monoisotopic (exact) mass is 222 g/mol. The van der Waals surface area contributed by atoms with E-state index in [-0.39, 0.29) is 17.7 Å². The Labute approximate surface area is 92.8 Å². The van der Waals surface area contributed by atoms with E-state index in [1.54, 1.807) is 11.7 Å². The lowest BCUT2D eigenvalue weighted by molar-refractivity contribution is -0.134. The molecule has 0 spiro atoms. The van der Waals surface area contributed by atoms with Gasteiger partial charge in [-0.25, -0.2) is 0 Å². The van der Waals surface area contributed by atoms with E-state index in [1.807, 2.05) is 6.07 Å². The molecule has 0 aliphatic carbocycles. The predicted molar refractivity (Wildman–Crippen MR) is 56.2 cm³/mol. The Morgan fingerprint density at radius 3 is 2.94 bits per heavy atom. The van der Waals surface area contributed by atoms with Crippen molar-refractivity contribution in [2.75, 3.05) is 0 Å². The van der Waals surface area contributed by atoms with Crippen molar-refractivity contribution in [3.8, 4) is 0 Å².